The van der Waals surface area contributed by atoms with Crippen LogP contribution in [-0.4, -0.2) is 45.2 Å². The number of piperazine rings is 1. The second-order valence-corrected chi connectivity index (χ2v) is 9.96. The fraction of sp³-hybridized carbons (Fsp3) is 0.310. The second kappa shape index (κ2) is 7.45. The van der Waals surface area contributed by atoms with Crippen LogP contribution in [0.2, 0.25) is 0 Å². The Balaban J connectivity index is 1.45. The molecule has 7 rings (SSSR count). The first-order valence-corrected chi connectivity index (χ1v) is 12.4. The standard InChI is InChI=1S/C29H27N3O2/c33-26-17-31(19-10-2-3-11-19)29(34)25-16-23-21-13-5-6-15-24(21)30-27(23)28(32(25)26)22-14-7-9-18-8-1-4-12-20(18)22/h1,4-9,12-15,19,25,28,30H,2-3,10-11,16-17H2/t25-,28?/m1/s1. The van der Waals surface area contributed by atoms with Crippen LogP contribution in [0.15, 0.2) is 66.7 Å². The van der Waals surface area contributed by atoms with E-state index in [9.17, 15) is 9.59 Å². The minimum Gasteiger partial charge on any atom is -0.356 e. The number of amides is 2. The zero-order valence-corrected chi connectivity index (χ0v) is 19.0. The lowest BCUT2D eigenvalue weighted by Gasteiger charge is -2.48. The van der Waals surface area contributed by atoms with Gasteiger partial charge in [0.2, 0.25) is 11.8 Å². The highest BCUT2D eigenvalue weighted by Crippen LogP contribution is 2.44. The summed E-state index contributed by atoms with van der Waals surface area (Å²) in [6.07, 6.45) is 4.87. The van der Waals surface area contributed by atoms with E-state index in [4.69, 9.17) is 0 Å². The molecule has 0 radical (unpaired) electrons. The monoisotopic (exact) mass is 449 g/mol. The first-order chi connectivity index (χ1) is 16.7. The average molecular weight is 450 g/mol. The van der Waals surface area contributed by atoms with Crippen LogP contribution in [-0.2, 0) is 16.0 Å². The molecule has 5 heteroatoms. The van der Waals surface area contributed by atoms with E-state index in [2.05, 4.69) is 53.5 Å². The Morgan fingerprint density at radius 3 is 2.41 bits per heavy atom. The van der Waals surface area contributed by atoms with Gasteiger partial charge in [-0.2, -0.15) is 0 Å². The molecule has 2 amide bonds. The molecule has 1 aliphatic carbocycles. The molecule has 1 saturated carbocycles. The second-order valence-electron chi connectivity index (χ2n) is 9.96. The van der Waals surface area contributed by atoms with Crippen LogP contribution in [0.4, 0.5) is 0 Å². The molecule has 1 aromatic heterocycles. The van der Waals surface area contributed by atoms with Crippen molar-refractivity contribution in [2.24, 2.45) is 0 Å². The van der Waals surface area contributed by atoms with E-state index < -0.39 is 6.04 Å². The zero-order valence-electron chi connectivity index (χ0n) is 19.0. The van der Waals surface area contributed by atoms with Crippen LogP contribution < -0.4 is 0 Å². The Morgan fingerprint density at radius 1 is 0.824 bits per heavy atom. The SMILES string of the molecule is O=C1[C@H]2Cc3c([nH]c4ccccc34)C(c3cccc4ccccc34)N2C(=O)CN1C1CCCC1. The molecule has 0 bridgehead atoms. The van der Waals surface area contributed by atoms with E-state index in [1.165, 1.54) is 5.56 Å². The summed E-state index contributed by atoms with van der Waals surface area (Å²) in [7, 11) is 0. The number of benzene rings is 3. The van der Waals surface area contributed by atoms with Gasteiger partial charge >= 0.3 is 0 Å². The van der Waals surface area contributed by atoms with Crippen LogP contribution in [0.1, 0.15) is 48.5 Å². The van der Waals surface area contributed by atoms with Gasteiger partial charge in [0.05, 0.1) is 6.04 Å². The normalized spacial score (nSPS) is 23.1. The van der Waals surface area contributed by atoms with Crippen molar-refractivity contribution in [3.8, 4) is 0 Å². The van der Waals surface area contributed by atoms with Crippen LogP contribution >= 0.6 is 0 Å². The van der Waals surface area contributed by atoms with E-state index in [-0.39, 0.29) is 30.4 Å². The molecule has 170 valence electrons. The summed E-state index contributed by atoms with van der Waals surface area (Å²) < 4.78 is 0. The van der Waals surface area contributed by atoms with Gasteiger partial charge in [0, 0.05) is 29.1 Å². The predicted octanol–water partition coefficient (Wildman–Crippen LogP) is 4.95. The molecule has 3 aromatic carbocycles. The Hall–Kier alpha value is -3.60. The van der Waals surface area contributed by atoms with E-state index >= 15 is 0 Å². The highest BCUT2D eigenvalue weighted by molar-refractivity contribution is 5.98. The summed E-state index contributed by atoms with van der Waals surface area (Å²) >= 11 is 0. The minimum atomic E-state index is -0.461. The Kier molecular flexibility index (Phi) is 4.35. The van der Waals surface area contributed by atoms with Gasteiger partial charge in [-0.05, 0) is 40.8 Å². The van der Waals surface area contributed by atoms with Gasteiger partial charge in [-0.1, -0.05) is 73.5 Å². The number of hydrogen-bond acceptors (Lipinski definition) is 2. The Morgan fingerprint density at radius 2 is 1.56 bits per heavy atom. The molecule has 2 aliphatic heterocycles. The van der Waals surface area contributed by atoms with Gasteiger partial charge in [0.1, 0.15) is 12.6 Å². The Labute approximate surface area is 198 Å². The fourth-order valence-electron chi connectivity index (χ4n) is 6.62. The number of aromatic amines is 1. The van der Waals surface area contributed by atoms with Gasteiger partial charge < -0.3 is 14.8 Å². The number of hydrogen-bond donors (Lipinski definition) is 1. The summed E-state index contributed by atoms with van der Waals surface area (Å²) in [5, 5.41) is 3.42. The molecule has 3 aliphatic rings. The molecule has 2 fully saturated rings. The lowest BCUT2D eigenvalue weighted by atomic mass is 9.84. The summed E-state index contributed by atoms with van der Waals surface area (Å²) in [5.74, 6) is 0.173. The van der Waals surface area contributed by atoms with Crippen molar-refractivity contribution < 1.29 is 9.59 Å². The van der Waals surface area contributed by atoms with Crippen molar-refractivity contribution in [2.45, 2.75) is 50.2 Å². The molecule has 5 nitrogen and oxygen atoms in total. The minimum absolute atomic E-state index is 0.0544. The third-order valence-corrected chi connectivity index (χ3v) is 8.18. The number of fused-ring (bicyclic) bond motifs is 5. The smallest absolute Gasteiger partial charge is 0.246 e. The van der Waals surface area contributed by atoms with Gasteiger partial charge in [-0.25, -0.2) is 0 Å². The highest BCUT2D eigenvalue weighted by atomic mass is 16.2. The van der Waals surface area contributed by atoms with Gasteiger partial charge in [0.15, 0.2) is 0 Å². The zero-order chi connectivity index (χ0) is 22.8. The predicted molar refractivity (Wildman–Crippen MR) is 132 cm³/mol. The number of rotatable bonds is 2. The number of carbonyl (C=O) groups is 2. The molecular formula is C29H27N3O2. The van der Waals surface area contributed by atoms with Gasteiger partial charge in [-0.15, -0.1) is 0 Å². The summed E-state index contributed by atoms with van der Waals surface area (Å²) in [5.41, 5.74) is 4.35. The molecular weight excluding hydrogens is 422 g/mol. The van der Waals surface area contributed by atoms with Crippen LogP contribution in [0.3, 0.4) is 0 Å². The summed E-state index contributed by atoms with van der Waals surface area (Å²) in [6, 6.07) is 22.3. The van der Waals surface area contributed by atoms with Crippen molar-refractivity contribution in [2.75, 3.05) is 6.54 Å². The van der Waals surface area contributed by atoms with E-state index in [0.717, 1.165) is 58.6 Å². The molecule has 1 saturated heterocycles. The lowest BCUT2D eigenvalue weighted by Crippen LogP contribution is -2.64. The largest absolute Gasteiger partial charge is 0.356 e. The maximum atomic E-state index is 13.9. The fourth-order valence-corrected chi connectivity index (χ4v) is 6.62. The molecule has 2 atom stereocenters. The van der Waals surface area contributed by atoms with Crippen molar-refractivity contribution >= 4 is 33.5 Å². The summed E-state index contributed by atoms with van der Waals surface area (Å²) in [4.78, 5) is 35.2. The number of nitrogens with one attached hydrogen (secondary N) is 1. The first-order valence-electron chi connectivity index (χ1n) is 12.4. The first kappa shape index (κ1) is 19.8. The third kappa shape index (κ3) is 2.79. The quantitative estimate of drug-likeness (QED) is 0.471. The van der Waals surface area contributed by atoms with Gasteiger partial charge in [0.25, 0.3) is 0 Å². The summed E-state index contributed by atoms with van der Waals surface area (Å²) in [6.45, 7) is 0.191. The van der Waals surface area contributed by atoms with Crippen molar-refractivity contribution in [1.29, 1.82) is 0 Å². The van der Waals surface area contributed by atoms with Gasteiger partial charge in [-0.3, -0.25) is 9.59 Å². The molecule has 34 heavy (non-hydrogen) atoms. The van der Waals surface area contributed by atoms with Crippen LogP contribution in [0, 0.1) is 0 Å². The van der Waals surface area contributed by atoms with E-state index in [1.54, 1.807) is 0 Å². The van der Waals surface area contributed by atoms with Crippen molar-refractivity contribution in [3.63, 3.8) is 0 Å². The number of H-pyrrole nitrogens is 1. The molecule has 4 aromatic rings. The molecule has 1 N–H and O–H groups in total. The lowest BCUT2D eigenvalue weighted by molar-refractivity contribution is -0.160. The van der Waals surface area contributed by atoms with Crippen LogP contribution in [0.5, 0.6) is 0 Å². The average Bonchev–Trinajstić information content (AvgIpc) is 3.53. The van der Waals surface area contributed by atoms with E-state index in [0.29, 0.717) is 6.42 Å². The molecule has 0 spiro atoms. The highest BCUT2D eigenvalue weighted by Gasteiger charge is 2.49. The number of nitrogens with zero attached hydrogens (tertiary/aromatic N) is 2. The number of para-hydroxylation sites is 1. The van der Waals surface area contributed by atoms with Crippen molar-refractivity contribution in [3.05, 3.63) is 83.6 Å². The van der Waals surface area contributed by atoms with E-state index in [1.807, 2.05) is 28.0 Å². The number of carbonyl (C=O) groups excluding carboxylic acids is 2. The molecule has 3 heterocycles. The van der Waals surface area contributed by atoms with Crippen molar-refractivity contribution in [1.82, 2.24) is 14.8 Å². The number of aromatic nitrogens is 1. The molecule has 1 unspecified atom stereocenters. The Bertz CT molecular complexity index is 1440. The third-order valence-electron chi connectivity index (χ3n) is 8.18. The topological polar surface area (TPSA) is 56.4 Å². The maximum Gasteiger partial charge on any atom is 0.246 e. The van der Waals surface area contributed by atoms with Crippen LogP contribution in [0.25, 0.3) is 21.7 Å². The maximum absolute atomic E-state index is 13.9.